The number of nitrogens with zero attached hydrogens (tertiary/aromatic N) is 2. The molecule has 0 spiro atoms. The molecule has 92 valence electrons. The van der Waals surface area contributed by atoms with E-state index in [-0.39, 0.29) is 0 Å². The predicted molar refractivity (Wildman–Crippen MR) is 73.1 cm³/mol. The molecule has 0 aliphatic rings. The van der Waals surface area contributed by atoms with Gasteiger partial charge in [-0.25, -0.2) is 0 Å². The maximum Gasteiger partial charge on any atom is 0.0624 e. The molecule has 2 nitrogen and oxygen atoms in total. The molecule has 0 N–H and O–H groups in total. The molecule has 1 rings (SSSR count). The van der Waals surface area contributed by atoms with Crippen LogP contribution in [0.2, 0.25) is 0 Å². The number of hydrogen-bond acceptors (Lipinski definition) is 1. The van der Waals surface area contributed by atoms with Crippen molar-refractivity contribution in [2.24, 2.45) is 7.05 Å². The molecule has 16 heavy (non-hydrogen) atoms. The summed E-state index contributed by atoms with van der Waals surface area (Å²) in [6, 6.07) is 2.24. The summed E-state index contributed by atoms with van der Waals surface area (Å²) in [6.45, 7) is 4.39. The minimum absolute atomic E-state index is 0.691. The van der Waals surface area contributed by atoms with Gasteiger partial charge in [0.15, 0.2) is 0 Å². The molecule has 0 radical (unpaired) electrons. The second kappa shape index (κ2) is 7.10. The summed E-state index contributed by atoms with van der Waals surface area (Å²) in [6.07, 6.45) is 7.24. The summed E-state index contributed by atoms with van der Waals surface area (Å²) in [5.41, 5.74) is 2.58. The smallest absolute Gasteiger partial charge is 0.0624 e. The molecule has 1 heterocycles. The molecule has 0 saturated carbocycles. The van der Waals surface area contributed by atoms with Gasteiger partial charge in [-0.1, -0.05) is 36.2 Å². The second-order valence-corrected chi connectivity index (χ2v) is 5.68. The first-order valence-corrected chi connectivity index (χ1v) is 7.24. The molecule has 1 unspecified atom stereocenters. The van der Waals surface area contributed by atoms with Crippen LogP contribution in [0.3, 0.4) is 0 Å². The van der Waals surface area contributed by atoms with Gasteiger partial charge >= 0.3 is 0 Å². The molecule has 3 heteroatoms. The third-order valence-corrected chi connectivity index (χ3v) is 3.86. The molecule has 1 aromatic heterocycles. The van der Waals surface area contributed by atoms with Gasteiger partial charge in [0.25, 0.3) is 0 Å². The summed E-state index contributed by atoms with van der Waals surface area (Å²) >= 11 is 3.73. The van der Waals surface area contributed by atoms with Crippen molar-refractivity contribution in [2.45, 2.75) is 57.2 Å². The van der Waals surface area contributed by atoms with E-state index >= 15 is 0 Å². The maximum atomic E-state index is 4.47. The summed E-state index contributed by atoms with van der Waals surface area (Å²) in [5, 5.41) is 4.47. The third-order valence-electron chi connectivity index (χ3n) is 2.94. The van der Waals surface area contributed by atoms with E-state index in [9.17, 15) is 0 Å². The van der Waals surface area contributed by atoms with Crippen LogP contribution in [-0.4, -0.2) is 14.6 Å². The monoisotopic (exact) mass is 286 g/mol. The lowest BCUT2D eigenvalue weighted by atomic mass is 10.1. The Morgan fingerprint density at radius 1 is 1.38 bits per heavy atom. The fourth-order valence-corrected chi connectivity index (χ4v) is 2.72. The molecule has 0 saturated heterocycles. The SMILES string of the molecule is CCCC(Br)CCCc1cc(CC)nn1C. The van der Waals surface area contributed by atoms with E-state index in [4.69, 9.17) is 0 Å². The van der Waals surface area contributed by atoms with Crippen LogP contribution in [0, 0.1) is 0 Å². The minimum atomic E-state index is 0.691. The molecule has 0 fully saturated rings. The summed E-state index contributed by atoms with van der Waals surface area (Å²) in [5.74, 6) is 0. The lowest BCUT2D eigenvalue weighted by molar-refractivity contribution is 0.624. The van der Waals surface area contributed by atoms with Crippen LogP contribution in [-0.2, 0) is 19.9 Å². The predicted octanol–water partition coefficient (Wildman–Crippen LogP) is 3.87. The fourth-order valence-electron chi connectivity index (χ4n) is 1.94. The largest absolute Gasteiger partial charge is 0.272 e. The Balaban J connectivity index is 2.33. The topological polar surface area (TPSA) is 17.8 Å². The van der Waals surface area contributed by atoms with Crippen molar-refractivity contribution in [3.05, 3.63) is 17.5 Å². The van der Waals surface area contributed by atoms with Crippen LogP contribution in [0.15, 0.2) is 6.07 Å². The van der Waals surface area contributed by atoms with Gasteiger partial charge in [0, 0.05) is 17.6 Å². The second-order valence-electron chi connectivity index (χ2n) is 4.38. The van der Waals surface area contributed by atoms with Crippen LogP contribution in [0.25, 0.3) is 0 Å². The van der Waals surface area contributed by atoms with Gasteiger partial charge in [-0.2, -0.15) is 5.10 Å². The van der Waals surface area contributed by atoms with E-state index in [1.54, 1.807) is 0 Å². The Morgan fingerprint density at radius 3 is 2.69 bits per heavy atom. The summed E-state index contributed by atoms with van der Waals surface area (Å²) in [7, 11) is 2.05. The Bertz CT molecular complexity index is 307. The third kappa shape index (κ3) is 4.28. The van der Waals surface area contributed by atoms with Crippen molar-refractivity contribution < 1.29 is 0 Å². The molecule has 0 aliphatic carbocycles. The van der Waals surface area contributed by atoms with Gasteiger partial charge in [-0.3, -0.25) is 4.68 Å². The number of halogens is 1. The highest BCUT2D eigenvalue weighted by Crippen LogP contribution is 2.16. The first-order valence-electron chi connectivity index (χ1n) is 6.33. The molecule has 0 aromatic carbocycles. The first-order chi connectivity index (χ1) is 7.67. The Hall–Kier alpha value is -0.310. The van der Waals surface area contributed by atoms with Gasteiger partial charge in [-0.05, 0) is 38.2 Å². The number of rotatable bonds is 7. The van der Waals surface area contributed by atoms with Crippen molar-refractivity contribution in [2.75, 3.05) is 0 Å². The number of hydrogen-bond donors (Lipinski definition) is 0. The van der Waals surface area contributed by atoms with Crippen molar-refractivity contribution in [1.82, 2.24) is 9.78 Å². The van der Waals surface area contributed by atoms with E-state index in [1.165, 1.54) is 37.1 Å². The normalized spacial score (nSPS) is 13.0. The molecular weight excluding hydrogens is 264 g/mol. The van der Waals surface area contributed by atoms with E-state index in [0.717, 1.165) is 12.8 Å². The van der Waals surface area contributed by atoms with Gasteiger partial charge in [0.05, 0.1) is 5.69 Å². The standard InChI is InChI=1S/C13H23BrN2/c1-4-7-11(14)8-6-9-13-10-12(5-2)15-16(13)3/h10-11H,4-9H2,1-3H3. The highest BCUT2D eigenvalue weighted by molar-refractivity contribution is 9.09. The zero-order chi connectivity index (χ0) is 12.0. The quantitative estimate of drug-likeness (QED) is 0.696. The highest BCUT2D eigenvalue weighted by Gasteiger charge is 2.06. The number of aryl methyl sites for hydroxylation is 3. The van der Waals surface area contributed by atoms with E-state index in [0.29, 0.717) is 4.83 Å². The zero-order valence-electron chi connectivity index (χ0n) is 10.7. The lowest BCUT2D eigenvalue weighted by Crippen LogP contribution is -2.01. The summed E-state index contributed by atoms with van der Waals surface area (Å²) in [4.78, 5) is 0.691. The van der Waals surface area contributed by atoms with Gasteiger partial charge < -0.3 is 0 Å². The van der Waals surface area contributed by atoms with E-state index in [2.05, 4.69) is 40.9 Å². The minimum Gasteiger partial charge on any atom is -0.272 e. The van der Waals surface area contributed by atoms with E-state index in [1.807, 2.05) is 11.7 Å². The summed E-state index contributed by atoms with van der Waals surface area (Å²) < 4.78 is 2.03. The lowest BCUT2D eigenvalue weighted by Gasteiger charge is -2.07. The molecule has 0 bridgehead atoms. The average molecular weight is 287 g/mol. The van der Waals surface area contributed by atoms with Crippen LogP contribution < -0.4 is 0 Å². The van der Waals surface area contributed by atoms with Crippen LogP contribution in [0.4, 0.5) is 0 Å². The maximum absolute atomic E-state index is 4.47. The fraction of sp³-hybridized carbons (Fsp3) is 0.769. The van der Waals surface area contributed by atoms with Gasteiger partial charge in [0.2, 0.25) is 0 Å². The molecule has 0 amide bonds. The van der Waals surface area contributed by atoms with Crippen molar-refractivity contribution in [1.29, 1.82) is 0 Å². The average Bonchev–Trinajstić information content (AvgIpc) is 2.60. The Labute approximate surface area is 108 Å². The number of alkyl halides is 1. The molecule has 1 atom stereocenters. The Morgan fingerprint density at radius 2 is 2.12 bits per heavy atom. The highest BCUT2D eigenvalue weighted by atomic mass is 79.9. The van der Waals surface area contributed by atoms with Crippen LogP contribution in [0.1, 0.15) is 50.9 Å². The van der Waals surface area contributed by atoms with Crippen molar-refractivity contribution in [3.8, 4) is 0 Å². The molecule has 1 aromatic rings. The van der Waals surface area contributed by atoms with Gasteiger partial charge in [0.1, 0.15) is 0 Å². The van der Waals surface area contributed by atoms with Gasteiger partial charge in [-0.15, -0.1) is 0 Å². The molecular formula is C13H23BrN2. The number of aromatic nitrogens is 2. The van der Waals surface area contributed by atoms with Crippen molar-refractivity contribution >= 4 is 15.9 Å². The van der Waals surface area contributed by atoms with E-state index < -0.39 is 0 Å². The van der Waals surface area contributed by atoms with Crippen LogP contribution >= 0.6 is 15.9 Å². The van der Waals surface area contributed by atoms with Crippen LogP contribution in [0.5, 0.6) is 0 Å². The van der Waals surface area contributed by atoms with Crippen molar-refractivity contribution in [3.63, 3.8) is 0 Å². The zero-order valence-corrected chi connectivity index (χ0v) is 12.3. The first kappa shape index (κ1) is 13.8. The molecule has 0 aliphatic heterocycles. The Kier molecular flexibility index (Phi) is 6.10.